The highest BCUT2D eigenvalue weighted by Gasteiger charge is 2.36. The van der Waals surface area contributed by atoms with Crippen LogP contribution in [0.15, 0.2) is 47.4 Å². The van der Waals surface area contributed by atoms with E-state index in [0.717, 1.165) is 25.2 Å². The zero-order valence-electron chi connectivity index (χ0n) is 18.6. The van der Waals surface area contributed by atoms with Crippen LogP contribution in [0.2, 0.25) is 0 Å². The minimum Gasteiger partial charge on any atom is -0.368 e. The molecule has 2 aliphatic heterocycles. The Balaban J connectivity index is 1.40. The van der Waals surface area contributed by atoms with Gasteiger partial charge in [-0.1, -0.05) is 12.1 Å². The van der Waals surface area contributed by atoms with Crippen molar-refractivity contribution < 1.29 is 17.6 Å². The van der Waals surface area contributed by atoms with Crippen molar-refractivity contribution >= 4 is 21.6 Å². The summed E-state index contributed by atoms with van der Waals surface area (Å²) in [5, 5.41) is 0. The van der Waals surface area contributed by atoms with Crippen LogP contribution in [0.3, 0.4) is 0 Å². The Morgan fingerprint density at radius 2 is 1.66 bits per heavy atom. The number of rotatable bonds is 4. The smallest absolute Gasteiger partial charge is 0.243 e. The zero-order chi connectivity index (χ0) is 22.9. The molecular weight excluding hydrogens is 429 g/mol. The summed E-state index contributed by atoms with van der Waals surface area (Å²) in [5.41, 5.74) is 3.73. The Morgan fingerprint density at radius 1 is 0.969 bits per heavy atom. The zero-order valence-corrected chi connectivity index (χ0v) is 19.4. The number of amides is 1. The maximum absolute atomic E-state index is 13.2. The first-order valence-corrected chi connectivity index (χ1v) is 12.6. The number of nitrogens with zero attached hydrogens (tertiary/aromatic N) is 3. The summed E-state index contributed by atoms with van der Waals surface area (Å²) in [6.45, 7) is 7.58. The van der Waals surface area contributed by atoms with E-state index in [9.17, 15) is 17.6 Å². The van der Waals surface area contributed by atoms with Gasteiger partial charge in [0.15, 0.2) is 0 Å². The van der Waals surface area contributed by atoms with E-state index in [0.29, 0.717) is 32.5 Å². The molecule has 0 aromatic heterocycles. The number of sulfonamides is 1. The number of carbonyl (C=O) groups excluding carboxylic acids is 1. The van der Waals surface area contributed by atoms with Crippen LogP contribution in [0.4, 0.5) is 10.1 Å². The van der Waals surface area contributed by atoms with Crippen molar-refractivity contribution in [2.24, 2.45) is 5.92 Å². The van der Waals surface area contributed by atoms with E-state index in [1.165, 1.54) is 33.3 Å². The number of aryl methyl sites for hydroxylation is 1. The van der Waals surface area contributed by atoms with Crippen molar-refractivity contribution in [1.29, 1.82) is 0 Å². The van der Waals surface area contributed by atoms with E-state index in [1.807, 2.05) is 4.90 Å². The van der Waals surface area contributed by atoms with Gasteiger partial charge < -0.3 is 9.80 Å². The Labute approximate surface area is 189 Å². The van der Waals surface area contributed by atoms with Crippen LogP contribution in [-0.2, 0) is 14.8 Å². The molecule has 1 atom stereocenters. The minimum absolute atomic E-state index is 0.0321. The molecule has 2 saturated heterocycles. The van der Waals surface area contributed by atoms with Gasteiger partial charge in [0.25, 0.3) is 0 Å². The highest BCUT2D eigenvalue weighted by Crippen LogP contribution is 2.27. The van der Waals surface area contributed by atoms with Gasteiger partial charge >= 0.3 is 0 Å². The Bertz CT molecular complexity index is 1080. The molecule has 8 heteroatoms. The van der Waals surface area contributed by atoms with E-state index in [2.05, 4.69) is 36.9 Å². The standard InChI is InChI=1S/C24H30FN3O3S/c1-18-5-3-7-23(19(18)2)26-13-15-27(16-14-26)24(29)20-6-4-12-28(17-20)32(30,31)22-10-8-21(25)9-11-22/h3,5,7-11,20H,4,6,12-17H2,1-2H3/t20-/m1/s1. The van der Waals surface area contributed by atoms with Gasteiger partial charge in [-0.05, 0) is 68.1 Å². The Morgan fingerprint density at radius 3 is 2.34 bits per heavy atom. The number of carbonyl (C=O) groups is 1. The normalized spacial score (nSPS) is 20.4. The van der Waals surface area contributed by atoms with Crippen LogP contribution < -0.4 is 4.90 Å². The fourth-order valence-electron chi connectivity index (χ4n) is 4.62. The number of piperazine rings is 1. The molecule has 2 heterocycles. The first-order chi connectivity index (χ1) is 15.3. The SMILES string of the molecule is Cc1cccc(N2CCN(C(=O)[C@@H]3CCCN(S(=O)(=O)c4ccc(F)cc4)C3)CC2)c1C. The molecule has 0 bridgehead atoms. The van der Waals surface area contributed by atoms with Gasteiger partial charge in [-0.3, -0.25) is 4.79 Å². The highest BCUT2D eigenvalue weighted by atomic mass is 32.2. The first kappa shape index (κ1) is 22.7. The number of halogens is 1. The summed E-state index contributed by atoms with van der Waals surface area (Å²) in [4.78, 5) is 17.5. The van der Waals surface area contributed by atoms with Crippen LogP contribution in [0.25, 0.3) is 0 Å². The summed E-state index contributed by atoms with van der Waals surface area (Å²) in [5.74, 6) is -0.786. The van der Waals surface area contributed by atoms with E-state index < -0.39 is 15.8 Å². The molecule has 2 aliphatic rings. The van der Waals surface area contributed by atoms with Crippen molar-refractivity contribution in [3.63, 3.8) is 0 Å². The van der Waals surface area contributed by atoms with E-state index in [1.54, 1.807) is 0 Å². The lowest BCUT2D eigenvalue weighted by molar-refractivity contribution is -0.137. The van der Waals surface area contributed by atoms with E-state index in [4.69, 9.17) is 0 Å². The van der Waals surface area contributed by atoms with Crippen LogP contribution in [0.5, 0.6) is 0 Å². The third-order valence-corrected chi connectivity index (χ3v) is 8.57. The van der Waals surface area contributed by atoms with Crippen molar-refractivity contribution in [1.82, 2.24) is 9.21 Å². The first-order valence-electron chi connectivity index (χ1n) is 11.1. The second kappa shape index (κ2) is 9.19. The third kappa shape index (κ3) is 4.52. The number of anilines is 1. The second-order valence-electron chi connectivity index (χ2n) is 8.69. The van der Waals surface area contributed by atoms with Gasteiger partial charge in [-0.15, -0.1) is 0 Å². The molecule has 0 radical (unpaired) electrons. The molecule has 0 aliphatic carbocycles. The number of hydrogen-bond acceptors (Lipinski definition) is 4. The number of benzene rings is 2. The lowest BCUT2D eigenvalue weighted by Crippen LogP contribution is -2.53. The van der Waals surface area contributed by atoms with Crippen LogP contribution in [0.1, 0.15) is 24.0 Å². The second-order valence-corrected chi connectivity index (χ2v) is 10.6. The van der Waals surface area contributed by atoms with Gasteiger partial charge in [0.2, 0.25) is 15.9 Å². The van der Waals surface area contributed by atoms with Crippen molar-refractivity contribution in [2.75, 3.05) is 44.2 Å². The fraction of sp³-hybridized carbons (Fsp3) is 0.458. The summed E-state index contributed by atoms with van der Waals surface area (Å²) >= 11 is 0. The summed E-state index contributed by atoms with van der Waals surface area (Å²) in [6, 6.07) is 11.1. The molecule has 2 fully saturated rings. The van der Waals surface area contributed by atoms with Crippen molar-refractivity contribution in [2.45, 2.75) is 31.6 Å². The fourth-order valence-corrected chi connectivity index (χ4v) is 6.15. The quantitative estimate of drug-likeness (QED) is 0.705. The monoisotopic (exact) mass is 459 g/mol. The molecule has 172 valence electrons. The maximum Gasteiger partial charge on any atom is 0.243 e. The molecule has 0 unspecified atom stereocenters. The highest BCUT2D eigenvalue weighted by molar-refractivity contribution is 7.89. The average molecular weight is 460 g/mol. The van der Waals surface area contributed by atoms with Gasteiger partial charge in [0.05, 0.1) is 10.8 Å². The predicted octanol–water partition coefficient (Wildman–Crippen LogP) is 3.19. The third-order valence-electron chi connectivity index (χ3n) is 6.69. The molecule has 2 aromatic carbocycles. The maximum atomic E-state index is 13.2. The van der Waals surface area contributed by atoms with Gasteiger partial charge in [0.1, 0.15) is 5.82 Å². The largest absolute Gasteiger partial charge is 0.368 e. The lowest BCUT2D eigenvalue weighted by Gasteiger charge is -2.40. The molecule has 0 saturated carbocycles. The van der Waals surface area contributed by atoms with Crippen molar-refractivity contribution in [3.8, 4) is 0 Å². The molecule has 32 heavy (non-hydrogen) atoms. The molecular formula is C24H30FN3O3S. The van der Waals surface area contributed by atoms with Crippen molar-refractivity contribution in [3.05, 3.63) is 59.4 Å². The summed E-state index contributed by atoms with van der Waals surface area (Å²) in [7, 11) is -3.74. The average Bonchev–Trinajstić information content (AvgIpc) is 2.81. The summed E-state index contributed by atoms with van der Waals surface area (Å²) < 4.78 is 40.5. The van der Waals surface area contributed by atoms with Crippen LogP contribution >= 0.6 is 0 Å². The molecule has 6 nitrogen and oxygen atoms in total. The van der Waals surface area contributed by atoms with E-state index in [-0.39, 0.29) is 23.3 Å². The number of piperidine rings is 1. The molecule has 0 spiro atoms. The topological polar surface area (TPSA) is 60.9 Å². The minimum atomic E-state index is -3.74. The van der Waals surface area contributed by atoms with Crippen LogP contribution in [0, 0.1) is 25.6 Å². The number of hydrogen-bond donors (Lipinski definition) is 0. The van der Waals surface area contributed by atoms with Gasteiger partial charge in [-0.25, -0.2) is 12.8 Å². The predicted molar refractivity (Wildman–Crippen MR) is 123 cm³/mol. The Hall–Kier alpha value is -2.45. The molecule has 2 aromatic rings. The molecule has 0 N–H and O–H groups in total. The Kier molecular flexibility index (Phi) is 6.53. The van der Waals surface area contributed by atoms with Gasteiger partial charge in [-0.2, -0.15) is 4.31 Å². The van der Waals surface area contributed by atoms with Crippen LogP contribution in [-0.4, -0.2) is 62.8 Å². The lowest BCUT2D eigenvalue weighted by atomic mass is 9.97. The summed E-state index contributed by atoms with van der Waals surface area (Å²) in [6.07, 6.45) is 1.32. The van der Waals surface area contributed by atoms with E-state index >= 15 is 0 Å². The molecule has 4 rings (SSSR count). The van der Waals surface area contributed by atoms with Gasteiger partial charge in [0, 0.05) is 45.0 Å². The molecule has 1 amide bonds.